The Balaban J connectivity index is 1.48. The molecule has 0 N–H and O–H groups in total. The van der Waals surface area contributed by atoms with Gasteiger partial charge in [-0.25, -0.2) is 9.37 Å². The van der Waals surface area contributed by atoms with Crippen molar-refractivity contribution >= 4 is 0 Å². The zero-order chi connectivity index (χ0) is 17.8. The van der Waals surface area contributed by atoms with E-state index in [0.29, 0.717) is 6.61 Å². The first kappa shape index (κ1) is 17.4. The van der Waals surface area contributed by atoms with Crippen LogP contribution < -0.4 is 4.74 Å². The molecule has 2 saturated heterocycles. The van der Waals surface area contributed by atoms with E-state index in [1.165, 1.54) is 6.07 Å². The van der Waals surface area contributed by atoms with Crippen molar-refractivity contribution in [2.24, 2.45) is 5.41 Å². The van der Waals surface area contributed by atoms with Crippen molar-refractivity contribution in [2.75, 3.05) is 26.3 Å². The summed E-state index contributed by atoms with van der Waals surface area (Å²) in [6.45, 7) is 3.87. The second-order valence-corrected chi connectivity index (χ2v) is 7.22. The molecule has 0 aromatic carbocycles. The Kier molecular flexibility index (Phi) is 5.13. The summed E-state index contributed by atoms with van der Waals surface area (Å²) in [5, 5.41) is 0. The Hall–Kier alpha value is -2.05. The minimum absolute atomic E-state index is 0.0769. The van der Waals surface area contributed by atoms with E-state index in [0.717, 1.165) is 51.2 Å². The minimum Gasteiger partial charge on any atom is -0.475 e. The predicted molar refractivity (Wildman–Crippen MR) is 95.2 cm³/mol. The van der Waals surface area contributed by atoms with E-state index in [1.54, 1.807) is 12.3 Å². The molecule has 2 aliphatic rings. The molecule has 2 aromatic rings. The van der Waals surface area contributed by atoms with E-state index >= 15 is 0 Å². The van der Waals surface area contributed by atoms with Gasteiger partial charge in [0.15, 0.2) is 5.82 Å². The summed E-state index contributed by atoms with van der Waals surface area (Å²) < 4.78 is 25.8. The van der Waals surface area contributed by atoms with Crippen LogP contribution in [-0.2, 0) is 11.3 Å². The first-order valence-electron chi connectivity index (χ1n) is 9.22. The highest BCUT2D eigenvalue weighted by Crippen LogP contribution is 2.41. The molecule has 2 atom stereocenters. The highest BCUT2D eigenvalue weighted by atomic mass is 19.1. The molecule has 2 unspecified atom stereocenters. The number of nitrogens with zero attached hydrogens (tertiary/aromatic N) is 3. The van der Waals surface area contributed by atoms with Gasteiger partial charge < -0.3 is 9.47 Å². The van der Waals surface area contributed by atoms with Crippen LogP contribution in [0, 0.1) is 11.2 Å². The molecule has 2 aromatic heterocycles. The van der Waals surface area contributed by atoms with Crippen molar-refractivity contribution in [1.82, 2.24) is 14.9 Å². The highest BCUT2D eigenvalue weighted by Gasteiger charge is 2.46. The fourth-order valence-corrected chi connectivity index (χ4v) is 4.14. The lowest BCUT2D eigenvalue weighted by atomic mass is 9.73. The van der Waals surface area contributed by atoms with E-state index in [9.17, 15) is 4.39 Å². The van der Waals surface area contributed by atoms with Gasteiger partial charge in [0, 0.05) is 44.0 Å². The molecular formula is C20H24FN3O2. The van der Waals surface area contributed by atoms with Crippen LogP contribution in [0.15, 0.2) is 42.7 Å². The van der Waals surface area contributed by atoms with Gasteiger partial charge in [0.05, 0.1) is 18.4 Å². The summed E-state index contributed by atoms with van der Waals surface area (Å²) in [6, 6.07) is 8.95. The average Bonchev–Trinajstić information content (AvgIpc) is 2.68. The first-order chi connectivity index (χ1) is 12.8. The number of pyridine rings is 2. The maximum atomic E-state index is 13.9. The first-order valence-corrected chi connectivity index (χ1v) is 9.22. The Morgan fingerprint density at radius 2 is 2.15 bits per heavy atom. The van der Waals surface area contributed by atoms with Gasteiger partial charge in [-0.3, -0.25) is 9.88 Å². The Labute approximate surface area is 153 Å². The fourth-order valence-electron chi connectivity index (χ4n) is 4.14. The molecule has 4 rings (SSSR count). The molecule has 0 spiro atoms. The summed E-state index contributed by atoms with van der Waals surface area (Å²) >= 11 is 0. The molecule has 2 fully saturated rings. The Bertz CT molecular complexity index is 730. The lowest BCUT2D eigenvalue weighted by molar-refractivity contribution is -0.141. The molecule has 0 aliphatic carbocycles. The number of aromatic nitrogens is 2. The predicted octanol–water partition coefficient (Wildman–Crippen LogP) is 3.07. The van der Waals surface area contributed by atoms with Crippen LogP contribution in [0.4, 0.5) is 4.39 Å². The summed E-state index contributed by atoms with van der Waals surface area (Å²) in [5.74, 6) is -0.341. The third-order valence-corrected chi connectivity index (χ3v) is 5.40. The maximum Gasteiger partial charge on any atom is 0.250 e. The number of likely N-dealkylation sites (tertiary alicyclic amines) is 1. The zero-order valence-electron chi connectivity index (χ0n) is 14.8. The van der Waals surface area contributed by atoms with Crippen molar-refractivity contribution < 1.29 is 13.9 Å². The lowest BCUT2D eigenvalue weighted by Gasteiger charge is -2.50. The van der Waals surface area contributed by atoms with Crippen molar-refractivity contribution in [2.45, 2.75) is 31.9 Å². The number of rotatable bonds is 5. The van der Waals surface area contributed by atoms with Crippen LogP contribution in [0.2, 0.25) is 0 Å². The quantitative estimate of drug-likeness (QED) is 0.823. The van der Waals surface area contributed by atoms with Crippen molar-refractivity contribution in [3.63, 3.8) is 0 Å². The molecule has 2 aliphatic heterocycles. The number of hydrogen-bond acceptors (Lipinski definition) is 5. The lowest BCUT2D eigenvalue weighted by Crippen LogP contribution is -2.57. The number of halogens is 1. The largest absolute Gasteiger partial charge is 0.475 e. The van der Waals surface area contributed by atoms with Gasteiger partial charge in [-0.2, -0.15) is 0 Å². The van der Waals surface area contributed by atoms with E-state index in [2.05, 4.69) is 20.9 Å². The molecule has 5 nitrogen and oxygen atoms in total. The molecule has 0 amide bonds. The van der Waals surface area contributed by atoms with Crippen molar-refractivity contribution in [3.8, 4) is 5.88 Å². The van der Waals surface area contributed by atoms with Crippen LogP contribution in [-0.4, -0.2) is 47.3 Å². The van der Waals surface area contributed by atoms with E-state index in [1.807, 2.05) is 18.3 Å². The molecule has 6 heteroatoms. The average molecular weight is 357 g/mol. The molecule has 138 valence electrons. The third-order valence-electron chi connectivity index (χ3n) is 5.40. The van der Waals surface area contributed by atoms with Crippen molar-refractivity contribution in [3.05, 3.63) is 54.2 Å². The van der Waals surface area contributed by atoms with E-state index in [4.69, 9.17) is 9.47 Å². The summed E-state index contributed by atoms with van der Waals surface area (Å²) in [7, 11) is 0. The highest BCUT2D eigenvalue weighted by molar-refractivity contribution is 5.13. The van der Waals surface area contributed by atoms with Crippen LogP contribution in [0.5, 0.6) is 5.88 Å². The van der Waals surface area contributed by atoms with Gasteiger partial charge in [0.2, 0.25) is 5.88 Å². The maximum absolute atomic E-state index is 13.9. The van der Waals surface area contributed by atoms with Gasteiger partial charge in [0.1, 0.15) is 0 Å². The van der Waals surface area contributed by atoms with Crippen LogP contribution in [0.25, 0.3) is 0 Å². The molecule has 0 radical (unpaired) electrons. The SMILES string of the molecule is Fc1cccnc1OCC12CCCOC1CCN(Cc1ccccn1)C2. The molecule has 0 saturated carbocycles. The summed E-state index contributed by atoms with van der Waals surface area (Å²) in [6.07, 6.45) is 6.52. The van der Waals surface area contributed by atoms with Gasteiger partial charge in [-0.15, -0.1) is 0 Å². The van der Waals surface area contributed by atoms with Gasteiger partial charge in [0.25, 0.3) is 0 Å². The van der Waals surface area contributed by atoms with E-state index in [-0.39, 0.29) is 17.4 Å². The van der Waals surface area contributed by atoms with Crippen LogP contribution in [0.1, 0.15) is 25.0 Å². The molecular weight excluding hydrogens is 333 g/mol. The van der Waals surface area contributed by atoms with Gasteiger partial charge in [-0.05, 0) is 43.5 Å². The van der Waals surface area contributed by atoms with Gasteiger partial charge >= 0.3 is 0 Å². The second-order valence-electron chi connectivity index (χ2n) is 7.22. The number of ether oxygens (including phenoxy) is 2. The third kappa shape index (κ3) is 3.71. The van der Waals surface area contributed by atoms with Gasteiger partial charge in [-0.1, -0.05) is 6.07 Å². The number of hydrogen-bond donors (Lipinski definition) is 0. The molecule has 0 bridgehead atoms. The monoisotopic (exact) mass is 357 g/mol. The standard InChI is InChI=1S/C20H24FN3O2/c21-17-6-3-10-23-19(17)26-15-20-8-4-12-25-18(20)7-11-24(14-20)13-16-5-1-2-9-22-16/h1-3,5-6,9-10,18H,4,7-8,11-15H2. The summed E-state index contributed by atoms with van der Waals surface area (Å²) in [4.78, 5) is 10.9. The molecule has 26 heavy (non-hydrogen) atoms. The fraction of sp³-hybridized carbons (Fsp3) is 0.500. The normalized spacial score (nSPS) is 26.3. The Morgan fingerprint density at radius 3 is 3.00 bits per heavy atom. The summed E-state index contributed by atoms with van der Waals surface area (Å²) in [5.41, 5.74) is 0.935. The smallest absolute Gasteiger partial charge is 0.250 e. The Morgan fingerprint density at radius 1 is 1.23 bits per heavy atom. The van der Waals surface area contributed by atoms with E-state index < -0.39 is 5.82 Å². The zero-order valence-corrected chi connectivity index (χ0v) is 14.8. The molecule has 4 heterocycles. The number of piperidine rings is 1. The van der Waals surface area contributed by atoms with Crippen molar-refractivity contribution in [1.29, 1.82) is 0 Å². The van der Waals surface area contributed by atoms with Crippen LogP contribution in [0.3, 0.4) is 0 Å². The van der Waals surface area contributed by atoms with Crippen LogP contribution >= 0.6 is 0 Å². The second kappa shape index (κ2) is 7.68. The topological polar surface area (TPSA) is 47.5 Å². The number of fused-ring (bicyclic) bond motifs is 1. The minimum atomic E-state index is -0.418.